The summed E-state index contributed by atoms with van der Waals surface area (Å²) >= 11 is 3.35. The van der Waals surface area contributed by atoms with Crippen LogP contribution in [0.4, 0.5) is 4.79 Å². The number of aliphatic hydroxyl groups excluding tert-OH is 1. The maximum absolute atomic E-state index is 12.3. The molecule has 1 amide bonds. The molecule has 0 aliphatic rings. The van der Waals surface area contributed by atoms with Gasteiger partial charge in [0.05, 0.1) is 20.2 Å². The van der Waals surface area contributed by atoms with Gasteiger partial charge in [-0.05, 0) is 38.5 Å². The number of hydrogen-bond acceptors (Lipinski definition) is 6. The molecule has 1 aromatic rings. The number of amides is 1. The number of hydrazine groups is 1. The van der Waals surface area contributed by atoms with Crippen molar-refractivity contribution >= 4 is 28.0 Å². The molecule has 0 saturated heterocycles. The van der Waals surface area contributed by atoms with Crippen molar-refractivity contribution in [2.24, 2.45) is 0 Å². The third-order valence-corrected chi connectivity index (χ3v) is 3.35. The normalized spacial score (nSPS) is 12.4. The van der Waals surface area contributed by atoms with Crippen LogP contribution in [-0.4, -0.2) is 47.5 Å². The first-order valence-electron chi connectivity index (χ1n) is 7.36. The molecule has 7 nitrogen and oxygen atoms in total. The van der Waals surface area contributed by atoms with E-state index in [-0.39, 0.29) is 13.1 Å². The van der Waals surface area contributed by atoms with Gasteiger partial charge >= 0.3 is 12.1 Å². The van der Waals surface area contributed by atoms with Crippen LogP contribution >= 0.6 is 15.9 Å². The molecule has 1 atom stereocenters. The molecule has 1 rings (SSSR count). The van der Waals surface area contributed by atoms with E-state index in [9.17, 15) is 14.7 Å². The van der Waals surface area contributed by atoms with Crippen LogP contribution in [0.25, 0.3) is 0 Å². The van der Waals surface area contributed by atoms with Gasteiger partial charge in [-0.25, -0.2) is 20.0 Å². The Hall–Kier alpha value is -1.64. The van der Waals surface area contributed by atoms with E-state index in [4.69, 9.17) is 4.74 Å². The van der Waals surface area contributed by atoms with Gasteiger partial charge in [0.15, 0.2) is 6.10 Å². The molecule has 0 fully saturated rings. The van der Waals surface area contributed by atoms with Crippen molar-refractivity contribution in [2.75, 3.05) is 13.7 Å². The summed E-state index contributed by atoms with van der Waals surface area (Å²) in [6.45, 7) is 5.29. The standard InChI is InChI=1S/C16H23BrN2O5/c1-16(2,3)24-15(22)19(18-9-13(20)14(21)23-4)10-11-5-7-12(17)8-6-11/h5-8,13,18,20H,9-10H2,1-4H3. The lowest BCUT2D eigenvalue weighted by Crippen LogP contribution is -2.48. The molecule has 0 heterocycles. The lowest BCUT2D eigenvalue weighted by Gasteiger charge is -2.28. The van der Waals surface area contributed by atoms with E-state index in [0.29, 0.717) is 0 Å². The lowest BCUT2D eigenvalue weighted by molar-refractivity contribution is -0.150. The van der Waals surface area contributed by atoms with Gasteiger partial charge in [0.25, 0.3) is 0 Å². The Kier molecular flexibility index (Phi) is 7.65. The Bertz CT molecular complexity index is 557. The first-order chi connectivity index (χ1) is 11.1. The highest BCUT2D eigenvalue weighted by molar-refractivity contribution is 9.10. The van der Waals surface area contributed by atoms with Gasteiger partial charge in [0.2, 0.25) is 0 Å². The van der Waals surface area contributed by atoms with Crippen molar-refractivity contribution in [3.63, 3.8) is 0 Å². The molecule has 0 aliphatic heterocycles. The molecule has 0 spiro atoms. The molecule has 8 heteroatoms. The Morgan fingerprint density at radius 2 is 1.88 bits per heavy atom. The van der Waals surface area contributed by atoms with Crippen LogP contribution in [0.3, 0.4) is 0 Å². The van der Waals surface area contributed by atoms with Crippen molar-refractivity contribution in [3.05, 3.63) is 34.3 Å². The van der Waals surface area contributed by atoms with Crippen LogP contribution in [-0.2, 0) is 20.8 Å². The number of aliphatic hydroxyl groups is 1. The number of benzene rings is 1. The zero-order chi connectivity index (χ0) is 18.3. The zero-order valence-corrected chi connectivity index (χ0v) is 15.8. The molecule has 1 unspecified atom stereocenters. The largest absolute Gasteiger partial charge is 0.467 e. The van der Waals surface area contributed by atoms with E-state index in [1.54, 1.807) is 20.8 Å². The zero-order valence-electron chi connectivity index (χ0n) is 14.2. The summed E-state index contributed by atoms with van der Waals surface area (Å²) < 4.78 is 10.7. The maximum atomic E-state index is 12.3. The van der Waals surface area contributed by atoms with Crippen molar-refractivity contribution in [1.29, 1.82) is 0 Å². The van der Waals surface area contributed by atoms with Crippen LogP contribution in [0.15, 0.2) is 28.7 Å². The van der Waals surface area contributed by atoms with Crippen LogP contribution in [0.1, 0.15) is 26.3 Å². The van der Waals surface area contributed by atoms with Crippen molar-refractivity contribution in [1.82, 2.24) is 10.4 Å². The Balaban J connectivity index is 2.80. The van der Waals surface area contributed by atoms with Crippen LogP contribution in [0.2, 0.25) is 0 Å². The summed E-state index contributed by atoms with van der Waals surface area (Å²) in [6.07, 6.45) is -1.99. The SMILES string of the molecule is COC(=O)C(O)CNN(Cc1ccc(Br)cc1)C(=O)OC(C)(C)C. The number of hydrogen-bond donors (Lipinski definition) is 2. The fourth-order valence-corrected chi connectivity index (χ4v) is 1.95. The summed E-state index contributed by atoms with van der Waals surface area (Å²) in [5.74, 6) is -0.782. The number of nitrogens with one attached hydrogen (secondary N) is 1. The number of carbonyl (C=O) groups is 2. The van der Waals surface area contributed by atoms with Gasteiger partial charge in [0, 0.05) is 4.47 Å². The van der Waals surface area contributed by atoms with Gasteiger partial charge in [-0.1, -0.05) is 28.1 Å². The van der Waals surface area contributed by atoms with E-state index >= 15 is 0 Å². The number of nitrogens with zero attached hydrogens (tertiary/aromatic N) is 1. The van der Waals surface area contributed by atoms with Crippen LogP contribution in [0.5, 0.6) is 0 Å². The molecule has 0 aliphatic carbocycles. The quantitative estimate of drug-likeness (QED) is 0.560. The monoisotopic (exact) mass is 402 g/mol. The van der Waals surface area contributed by atoms with Crippen molar-refractivity contribution in [2.45, 2.75) is 39.0 Å². The fourth-order valence-electron chi connectivity index (χ4n) is 1.69. The Morgan fingerprint density at radius 1 is 1.29 bits per heavy atom. The van der Waals surface area contributed by atoms with Crippen molar-refractivity contribution in [3.8, 4) is 0 Å². The molecule has 1 aromatic carbocycles. The van der Waals surface area contributed by atoms with E-state index in [1.807, 2.05) is 24.3 Å². The van der Waals surface area contributed by atoms with Gasteiger partial charge in [0.1, 0.15) is 5.60 Å². The van der Waals surface area contributed by atoms with E-state index in [2.05, 4.69) is 26.1 Å². The van der Waals surface area contributed by atoms with Gasteiger partial charge < -0.3 is 14.6 Å². The van der Waals surface area contributed by atoms with E-state index < -0.39 is 23.8 Å². The summed E-state index contributed by atoms with van der Waals surface area (Å²) in [7, 11) is 1.18. The first-order valence-corrected chi connectivity index (χ1v) is 8.16. The summed E-state index contributed by atoms with van der Waals surface area (Å²) in [5.41, 5.74) is 2.90. The predicted octanol–water partition coefficient (Wildman–Crippen LogP) is 2.22. The maximum Gasteiger partial charge on any atom is 0.425 e. The Labute approximate surface area is 150 Å². The Morgan fingerprint density at radius 3 is 2.38 bits per heavy atom. The molecular weight excluding hydrogens is 380 g/mol. The fraction of sp³-hybridized carbons (Fsp3) is 0.500. The first kappa shape index (κ1) is 20.4. The smallest absolute Gasteiger partial charge is 0.425 e. The molecule has 0 bridgehead atoms. The number of methoxy groups -OCH3 is 1. The molecular formula is C16H23BrN2O5. The number of ether oxygens (including phenoxy) is 2. The van der Waals surface area contributed by atoms with E-state index in [0.717, 1.165) is 10.0 Å². The summed E-state index contributed by atoms with van der Waals surface area (Å²) in [4.78, 5) is 23.6. The molecule has 24 heavy (non-hydrogen) atoms. The van der Waals surface area contributed by atoms with Gasteiger partial charge in [-0.15, -0.1) is 0 Å². The predicted molar refractivity (Wildman–Crippen MR) is 91.9 cm³/mol. The number of carbonyl (C=O) groups excluding carboxylic acids is 2. The summed E-state index contributed by atoms with van der Waals surface area (Å²) in [6, 6.07) is 7.40. The second-order valence-corrected chi connectivity index (χ2v) is 7.01. The average molecular weight is 403 g/mol. The van der Waals surface area contributed by atoms with Gasteiger partial charge in [-0.3, -0.25) is 0 Å². The third kappa shape index (κ3) is 7.29. The third-order valence-electron chi connectivity index (χ3n) is 2.82. The van der Waals surface area contributed by atoms with Crippen molar-refractivity contribution < 1.29 is 24.2 Å². The molecule has 0 saturated carbocycles. The molecule has 134 valence electrons. The topological polar surface area (TPSA) is 88.1 Å². The average Bonchev–Trinajstić information content (AvgIpc) is 2.50. The van der Waals surface area contributed by atoms with Crippen LogP contribution < -0.4 is 5.43 Å². The van der Waals surface area contributed by atoms with Gasteiger partial charge in [-0.2, -0.15) is 0 Å². The second kappa shape index (κ2) is 9.00. The molecule has 2 N–H and O–H groups in total. The molecule has 0 radical (unpaired) electrons. The lowest BCUT2D eigenvalue weighted by atomic mass is 10.2. The highest BCUT2D eigenvalue weighted by Crippen LogP contribution is 2.14. The number of rotatable bonds is 6. The summed E-state index contributed by atoms with van der Waals surface area (Å²) in [5, 5.41) is 10.9. The number of esters is 1. The minimum absolute atomic E-state index is 0.178. The highest BCUT2D eigenvalue weighted by Gasteiger charge is 2.24. The second-order valence-electron chi connectivity index (χ2n) is 6.09. The minimum atomic E-state index is -1.38. The van der Waals surface area contributed by atoms with E-state index in [1.165, 1.54) is 12.1 Å². The number of halogens is 1. The minimum Gasteiger partial charge on any atom is -0.467 e. The highest BCUT2D eigenvalue weighted by atomic mass is 79.9. The van der Waals surface area contributed by atoms with Crippen LogP contribution in [0, 0.1) is 0 Å². The molecule has 0 aromatic heterocycles.